The number of carbonyl (C=O) groups is 1. The van der Waals surface area contributed by atoms with Crippen molar-refractivity contribution in [2.75, 3.05) is 12.1 Å². The highest BCUT2D eigenvalue weighted by molar-refractivity contribution is 6.29. The van der Waals surface area contributed by atoms with Gasteiger partial charge in [-0.1, -0.05) is 41.9 Å². The summed E-state index contributed by atoms with van der Waals surface area (Å²) >= 11 is 5.85. The average molecular weight is 345 g/mol. The molecule has 0 aliphatic carbocycles. The van der Waals surface area contributed by atoms with E-state index >= 15 is 0 Å². The van der Waals surface area contributed by atoms with Gasteiger partial charge in [-0.05, 0) is 19.1 Å². The fraction of sp³-hybridized carbons (Fsp3) is 0.235. The van der Waals surface area contributed by atoms with E-state index in [9.17, 15) is 4.79 Å². The molecule has 0 saturated heterocycles. The van der Waals surface area contributed by atoms with Crippen LogP contribution >= 0.6 is 11.6 Å². The zero-order valence-corrected chi connectivity index (χ0v) is 14.4. The van der Waals surface area contributed by atoms with Gasteiger partial charge in [0, 0.05) is 19.5 Å². The number of carbonyl (C=O) groups excluding carboxylic acids is 1. The summed E-state index contributed by atoms with van der Waals surface area (Å²) < 4.78 is 5.52. The molecular weight excluding hydrogens is 328 g/mol. The van der Waals surface area contributed by atoms with E-state index in [1.807, 2.05) is 54.3 Å². The lowest BCUT2D eigenvalue weighted by molar-refractivity contribution is -0.137. The van der Waals surface area contributed by atoms with Gasteiger partial charge in [0.25, 0.3) is 0 Å². The number of ether oxygens (including phenoxy) is 1. The maximum atomic E-state index is 11.6. The van der Waals surface area contributed by atoms with Crippen molar-refractivity contribution in [3.05, 3.63) is 58.9 Å². The molecule has 0 fully saturated rings. The summed E-state index contributed by atoms with van der Waals surface area (Å²) in [4.78, 5) is 11.6. The van der Waals surface area contributed by atoms with Crippen LogP contribution in [0.15, 0.2) is 48.2 Å². The van der Waals surface area contributed by atoms with E-state index in [0.29, 0.717) is 16.7 Å². The number of halogens is 1. The van der Waals surface area contributed by atoms with Crippen molar-refractivity contribution >= 4 is 29.1 Å². The van der Waals surface area contributed by atoms with Crippen LogP contribution in [0, 0.1) is 0 Å². The number of anilines is 1. The second-order valence-corrected chi connectivity index (χ2v) is 5.84. The third kappa shape index (κ3) is 2.98. The van der Waals surface area contributed by atoms with E-state index in [2.05, 4.69) is 10.2 Å². The number of rotatable bonds is 3. The highest BCUT2D eigenvalue weighted by Crippen LogP contribution is 2.38. The first-order valence-corrected chi connectivity index (χ1v) is 7.87. The maximum absolute atomic E-state index is 11.6. The van der Waals surface area contributed by atoms with Gasteiger partial charge in [-0.2, -0.15) is 0 Å². The van der Waals surface area contributed by atoms with Crippen LogP contribution in [0.4, 0.5) is 5.82 Å². The Hall–Kier alpha value is -2.44. The molecule has 2 heterocycles. The van der Waals surface area contributed by atoms with Gasteiger partial charge in [-0.25, -0.2) is 5.01 Å². The summed E-state index contributed by atoms with van der Waals surface area (Å²) in [5.41, 5.74) is 1.68. The van der Waals surface area contributed by atoms with Crippen LogP contribution in [0.1, 0.15) is 19.4 Å². The van der Waals surface area contributed by atoms with Crippen LogP contribution in [0.25, 0.3) is 5.70 Å². The predicted octanol–water partition coefficient (Wildman–Crippen LogP) is 3.12. The molecule has 1 atom stereocenters. The molecule has 0 bridgehead atoms. The molecule has 0 amide bonds. The third-order valence-corrected chi connectivity index (χ3v) is 4.04. The van der Waals surface area contributed by atoms with Gasteiger partial charge in [0.2, 0.25) is 0 Å². The SMILES string of the molecule is CC(=O)OC1=C(c2ccccc2)N(c2ccc(Cl)nn2)N(C)C1C. The summed E-state index contributed by atoms with van der Waals surface area (Å²) in [6, 6.07) is 13.0. The van der Waals surface area contributed by atoms with Gasteiger partial charge >= 0.3 is 5.97 Å². The molecule has 24 heavy (non-hydrogen) atoms. The molecule has 0 N–H and O–H groups in total. The number of esters is 1. The topological polar surface area (TPSA) is 58.6 Å². The minimum absolute atomic E-state index is 0.137. The number of benzene rings is 1. The molecule has 124 valence electrons. The lowest BCUT2D eigenvalue weighted by Crippen LogP contribution is -2.38. The Morgan fingerprint density at radius 3 is 2.46 bits per heavy atom. The van der Waals surface area contributed by atoms with Crippen molar-refractivity contribution < 1.29 is 9.53 Å². The molecule has 0 spiro atoms. The standard InChI is InChI=1S/C17H17ClN4O2/c1-11-17(24-12(2)23)16(13-7-5-4-6-8-13)22(21(11)3)15-10-9-14(18)19-20-15/h4-11H,1-3H3. The molecule has 1 aromatic heterocycles. The maximum Gasteiger partial charge on any atom is 0.307 e. The van der Waals surface area contributed by atoms with Crippen molar-refractivity contribution in [3.8, 4) is 0 Å². The normalized spacial score (nSPS) is 18.2. The number of aromatic nitrogens is 2. The van der Waals surface area contributed by atoms with Gasteiger partial charge in [0.05, 0.1) is 6.04 Å². The fourth-order valence-corrected chi connectivity index (χ4v) is 2.75. The van der Waals surface area contributed by atoms with Gasteiger partial charge in [-0.3, -0.25) is 9.80 Å². The van der Waals surface area contributed by atoms with Gasteiger partial charge in [-0.15, -0.1) is 10.2 Å². The van der Waals surface area contributed by atoms with E-state index < -0.39 is 0 Å². The Labute approximate surface area is 145 Å². The van der Waals surface area contributed by atoms with Crippen LogP contribution in [0.3, 0.4) is 0 Å². The second kappa shape index (κ2) is 6.59. The minimum Gasteiger partial charge on any atom is -0.427 e. The molecule has 0 radical (unpaired) electrons. The number of likely N-dealkylation sites (N-methyl/N-ethyl adjacent to an activating group) is 1. The Kier molecular flexibility index (Phi) is 4.51. The van der Waals surface area contributed by atoms with Crippen LogP contribution in [0.5, 0.6) is 0 Å². The van der Waals surface area contributed by atoms with Crippen molar-refractivity contribution in [3.63, 3.8) is 0 Å². The lowest BCUT2D eigenvalue weighted by atomic mass is 10.1. The minimum atomic E-state index is -0.359. The Morgan fingerprint density at radius 2 is 1.88 bits per heavy atom. The first kappa shape index (κ1) is 16.4. The van der Waals surface area contributed by atoms with Crippen molar-refractivity contribution in [1.29, 1.82) is 0 Å². The first-order chi connectivity index (χ1) is 11.5. The molecule has 1 aliphatic rings. The smallest absolute Gasteiger partial charge is 0.307 e. The number of hydrogen-bond acceptors (Lipinski definition) is 6. The number of hydrogen-bond donors (Lipinski definition) is 0. The molecule has 3 rings (SSSR count). The molecule has 1 aromatic carbocycles. The van der Waals surface area contributed by atoms with Gasteiger partial charge in [0.15, 0.2) is 16.7 Å². The van der Waals surface area contributed by atoms with E-state index in [-0.39, 0.29) is 12.0 Å². The molecule has 1 aliphatic heterocycles. The fourth-order valence-electron chi connectivity index (χ4n) is 2.65. The Bertz CT molecular complexity index is 777. The van der Waals surface area contributed by atoms with E-state index in [4.69, 9.17) is 16.3 Å². The van der Waals surface area contributed by atoms with Crippen LogP contribution < -0.4 is 5.01 Å². The molecular formula is C17H17ClN4O2. The lowest BCUT2D eigenvalue weighted by Gasteiger charge is -2.29. The van der Waals surface area contributed by atoms with E-state index in [1.54, 1.807) is 12.1 Å². The van der Waals surface area contributed by atoms with E-state index in [0.717, 1.165) is 11.3 Å². The highest BCUT2D eigenvalue weighted by Gasteiger charge is 2.38. The first-order valence-electron chi connectivity index (χ1n) is 7.49. The third-order valence-electron chi connectivity index (χ3n) is 3.84. The molecule has 7 heteroatoms. The molecule has 2 aromatic rings. The Morgan fingerprint density at radius 1 is 1.17 bits per heavy atom. The number of hydrazine groups is 1. The van der Waals surface area contributed by atoms with Gasteiger partial charge < -0.3 is 4.74 Å². The monoisotopic (exact) mass is 344 g/mol. The molecule has 0 saturated carbocycles. The summed E-state index contributed by atoms with van der Waals surface area (Å²) in [5.74, 6) is 0.811. The summed E-state index contributed by atoms with van der Waals surface area (Å²) in [7, 11) is 1.90. The van der Waals surface area contributed by atoms with Crippen molar-refractivity contribution in [2.45, 2.75) is 19.9 Å². The average Bonchev–Trinajstić information content (AvgIpc) is 2.81. The second-order valence-electron chi connectivity index (χ2n) is 5.45. The van der Waals surface area contributed by atoms with Crippen LogP contribution in [-0.4, -0.2) is 34.3 Å². The van der Waals surface area contributed by atoms with E-state index in [1.165, 1.54) is 6.92 Å². The molecule has 1 unspecified atom stereocenters. The van der Waals surface area contributed by atoms with Crippen LogP contribution in [0.2, 0.25) is 5.15 Å². The largest absolute Gasteiger partial charge is 0.427 e. The quantitative estimate of drug-likeness (QED) is 0.797. The van der Waals surface area contributed by atoms with Crippen LogP contribution in [-0.2, 0) is 9.53 Å². The van der Waals surface area contributed by atoms with Crippen molar-refractivity contribution in [1.82, 2.24) is 15.2 Å². The Balaban J connectivity index is 2.16. The highest BCUT2D eigenvalue weighted by atomic mass is 35.5. The summed E-state index contributed by atoms with van der Waals surface area (Å²) in [6.07, 6.45) is 0. The molecule has 6 nitrogen and oxygen atoms in total. The predicted molar refractivity (Wildman–Crippen MR) is 91.9 cm³/mol. The zero-order valence-electron chi connectivity index (χ0n) is 13.6. The zero-order chi connectivity index (χ0) is 17.3. The summed E-state index contributed by atoms with van der Waals surface area (Å²) in [6.45, 7) is 3.36. The van der Waals surface area contributed by atoms with Crippen molar-refractivity contribution in [2.24, 2.45) is 0 Å². The van der Waals surface area contributed by atoms with Gasteiger partial charge in [0.1, 0.15) is 5.70 Å². The summed E-state index contributed by atoms with van der Waals surface area (Å²) in [5, 5.41) is 12.2. The number of nitrogens with zero attached hydrogens (tertiary/aromatic N) is 4.